The maximum atomic E-state index is 12.5. The number of hydrogen-bond donors (Lipinski definition) is 2. The van der Waals surface area contributed by atoms with Gasteiger partial charge in [0.15, 0.2) is 0 Å². The Bertz CT molecular complexity index is 787. The van der Waals surface area contributed by atoms with Crippen molar-refractivity contribution in [2.75, 3.05) is 5.32 Å². The zero-order chi connectivity index (χ0) is 17.1. The predicted molar refractivity (Wildman–Crippen MR) is 91.3 cm³/mol. The maximum absolute atomic E-state index is 12.5. The number of aromatic nitrogens is 4. The fourth-order valence-electron chi connectivity index (χ4n) is 3.12. The van der Waals surface area contributed by atoms with Crippen LogP contribution in [0.15, 0.2) is 16.9 Å². The summed E-state index contributed by atoms with van der Waals surface area (Å²) < 4.78 is 1.50. The Balaban J connectivity index is 1.89. The molecule has 0 aromatic carbocycles. The lowest BCUT2D eigenvalue weighted by Crippen LogP contribution is -2.26. The quantitative estimate of drug-likeness (QED) is 0.900. The Kier molecular flexibility index (Phi) is 4.78. The monoisotopic (exact) mass is 329 g/mol. The first kappa shape index (κ1) is 16.4. The Morgan fingerprint density at radius 3 is 2.79 bits per heavy atom. The highest BCUT2D eigenvalue weighted by molar-refractivity contribution is 5.92. The molecule has 2 heterocycles. The molecule has 3 rings (SSSR count). The number of nitrogens with one attached hydrogen (secondary N) is 2. The van der Waals surface area contributed by atoms with E-state index in [4.69, 9.17) is 0 Å². The minimum atomic E-state index is -0.227. The number of carbonyl (C=O) groups excluding carboxylic acids is 1. The molecule has 24 heavy (non-hydrogen) atoms. The highest BCUT2D eigenvalue weighted by atomic mass is 16.2. The van der Waals surface area contributed by atoms with Crippen molar-refractivity contribution in [3.8, 4) is 5.95 Å². The molecule has 0 saturated heterocycles. The highest BCUT2D eigenvalue weighted by Crippen LogP contribution is 2.25. The van der Waals surface area contributed by atoms with Gasteiger partial charge >= 0.3 is 0 Å². The molecule has 0 aliphatic heterocycles. The molecule has 128 valence electrons. The van der Waals surface area contributed by atoms with E-state index in [1.807, 2.05) is 13.8 Å². The van der Waals surface area contributed by atoms with Gasteiger partial charge in [-0.1, -0.05) is 26.2 Å². The van der Waals surface area contributed by atoms with Crippen molar-refractivity contribution in [2.45, 2.75) is 52.4 Å². The van der Waals surface area contributed by atoms with Gasteiger partial charge in [-0.25, -0.2) is 4.98 Å². The zero-order valence-corrected chi connectivity index (χ0v) is 14.1. The first-order chi connectivity index (χ1) is 11.6. The van der Waals surface area contributed by atoms with E-state index >= 15 is 0 Å². The van der Waals surface area contributed by atoms with Gasteiger partial charge in [0.2, 0.25) is 11.9 Å². The van der Waals surface area contributed by atoms with Crippen LogP contribution < -0.4 is 10.9 Å². The Morgan fingerprint density at radius 2 is 2.08 bits per heavy atom. The summed E-state index contributed by atoms with van der Waals surface area (Å²) in [6, 6.07) is 3.26. The first-order valence-electron chi connectivity index (χ1n) is 8.55. The van der Waals surface area contributed by atoms with E-state index in [1.165, 1.54) is 17.2 Å². The predicted octanol–water partition coefficient (Wildman–Crippen LogP) is 2.35. The van der Waals surface area contributed by atoms with Crippen LogP contribution in [0.4, 0.5) is 5.82 Å². The smallest absolute Gasteiger partial charge is 0.252 e. The van der Waals surface area contributed by atoms with E-state index in [9.17, 15) is 9.59 Å². The lowest BCUT2D eigenvalue weighted by atomic mass is 9.89. The van der Waals surface area contributed by atoms with Gasteiger partial charge in [0.25, 0.3) is 5.56 Å². The van der Waals surface area contributed by atoms with Gasteiger partial charge < -0.3 is 5.32 Å². The lowest BCUT2D eigenvalue weighted by Gasteiger charge is -2.20. The molecule has 1 aliphatic carbocycles. The van der Waals surface area contributed by atoms with Gasteiger partial charge in [0.1, 0.15) is 5.82 Å². The average molecular weight is 329 g/mol. The first-order valence-corrected chi connectivity index (χ1v) is 8.55. The van der Waals surface area contributed by atoms with Crippen molar-refractivity contribution < 1.29 is 4.79 Å². The largest absolute Gasteiger partial charge is 0.310 e. The van der Waals surface area contributed by atoms with Crippen LogP contribution in [0, 0.1) is 12.8 Å². The topological polar surface area (TPSA) is 92.7 Å². The number of aryl methyl sites for hydroxylation is 2. The summed E-state index contributed by atoms with van der Waals surface area (Å²) in [6.45, 7) is 3.78. The Labute approximate surface area is 140 Å². The Morgan fingerprint density at radius 1 is 1.33 bits per heavy atom. The number of nitrogens with zero attached hydrogens (tertiary/aromatic N) is 3. The van der Waals surface area contributed by atoms with E-state index in [0.29, 0.717) is 23.9 Å². The van der Waals surface area contributed by atoms with Crippen molar-refractivity contribution in [3.05, 3.63) is 33.9 Å². The molecule has 7 nitrogen and oxygen atoms in total. The Hall–Kier alpha value is -2.44. The van der Waals surface area contributed by atoms with Gasteiger partial charge in [-0.3, -0.25) is 14.6 Å². The SMILES string of the molecule is CCc1cc(=O)[nH]c(-n2nc(C)cc2NC(=O)C2CCCCC2)n1. The highest BCUT2D eigenvalue weighted by Gasteiger charge is 2.23. The minimum Gasteiger partial charge on any atom is -0.310 e. The molecule has 7 heteroatoms. The molecule has 1 aliphatic rings. The number of hydrogen-bond acceptors (Lipinski definition) is 4. The van der Waals surface area contributed by atoms with Crippen LogP contribution in [-0.2, 0) is 11.2 Å². The summed E-state index contributed by atoms with van der Waals surface area (Å²) in [7, 11) is 0. The van der Waals surface area contributed by atoms with Crippen LogP contribution in [0.1, 0.15) is 50.4 Å². The normalized spacial score (nSPS) is 15.4. The van der Waals surface area contributed by atoms with Gasteiger partial charge in [0, 0.05) is 23.7 Å². The molecule has 0 unspecified atom stereocenters. The van der Waals surface area contributed by atoms with Crippen molar-refractivity contribution in [1.29, 1.82) is 0 Å². The van der Waals surface area contributed by atoms with Gasteiger partial charge in [0.05, 0.1) is 5.69 Å². The molecule has 1 saturated carbocycles. The second kappa shape index (κ2) is 6.98. The minimum absolute atomic E-state index is 0.0184. The van der Waals surface area contributed by atoms with Gasteiger partial charge in [-0.15, -0.1) is 0 Å². The molecule has 1 amide bonds. The molecule has 0 radical (unpaired) electrons. The van der Waals surface area contributed by atoms with E-state index in [0.717, 1.165) is 31.4 Å². The summed E-state index contributed by atoms with van der Waals surface area (Å²) in [4.78, 5) is 31.4. The number of aromatic amines is 1. The molecule has 0 atom stereocenters. The van der Waals surface area contributed by atoms with Crippen LogP contribution in [0.3, 0.4) is 0 Å². The number of carbonyl (C=O) groups is 1. The third-order valence-electron chi connectivity index (χ3n) is 4.40. The average Bonchev–Trinajstić information content (AvgIpc) is 2.95. The van der Waals surface area contributed by atoms with Gasteiger partial charge in [-0.05, 0) is 26.2 Å². The van der Waals surface area contributed by atoms with E-state index in [1.54, 1.807) is 6.07 Å². The standard InChI is InChI=1S/C17H23N5O2/c1-3-13-10-15(23)20-17(18-13)22-14(9-11(2)21-22)19-16(24)12-7-5-4-6-8-12/h9-10,12H,3-8H2,1-2H3,(H,19,24)(H,18,20,23). The number of H-pyrrole nitrogens is 1. The van der Waals surface area contributed by atoms with Crippen molar-refractivity contribution >= 4 is 11.7 Å². The third kappa shape index (κ3) is 3.55. The fraction of sp³-hybridized carbons (Fsp3) is 0.529. The van der Waals surface area contributed by atoms with Crippen LogP contribution >= 0.6 is 0 Å². The second-order valence-corrected chi connectivity index (χ2v) is 6.32. The van der Waals surface area contributed by atoms with Gasteiger partial charge in [-0.2, -0.15) is 9.78 Å². The molecule has 0 spiro atoms. The molecular formula is C17H23N5O2. The summed E-state index contributed by atoms with van der Waals surface area (Å²) in [6.07, 6.45) is 5.92. The zero-order valence-electron chi connectivity index (χ0n) is 14.1. The van der Waals surface area contributed by atoms with Crippen molar-refractivity contribution in [2.24, 2.45) is 5.92 Å². The van der Waals surface area contributed by atoms with Crippen LogP contribution in [-0.4, -0.2) is 25.7 Å². The number of anilines is 1. The molecule has 1 fully saturated rings. The lowest BCUT2D eigenvalue weighted by molar-refractivity contribution is -0.120. The van der Waals surface area contributed by atoms with E-state index < -0.39 is 0 Å². The summed E-state index contributed by atoms with van der Waals surface area (Å²) in [5, 5.41) is 7.32. The third-order valence-corrected chi connectivity index (χ3v) is 4.40. The molecule has 2 aromatic rings. The fourth-order valence-corrected chi connectivity index (χ4v) is 3.12. The molecule has 2 aromatic heterocycles. The van der Waals surface area contributed by atoms with Crippen LogP contribution in [0.2, 0.25) is 0 Å². The summed E-state index contributed by atoms with van der Waals surface area (Å²) in [5.41, 5.74) is 1.21. The molecule has 2 N–H and O–H groups in total. The van der Waals surface area contributed by atoms with Crippen LogP contribution in [0.5, 0.6) is 0 Å². The second-order valence-electron chi connectivity index (χ2n) is 6.32. The van der Waals surface area contributed by atoms with E-state index in [2.05, 4.69) is 20.4 Å². The van der Waals surface area contributed by atoms with Crippen LogP contribution in [0.25, 0.3) is 5.95 Å². The molecule has 0 bridgehead atoms. The molecular weight excluding hydrogens is 306 g/mol. The summed E-state index contributed by atoms with van der Waals surface area (Å²) in [5.74, 6) is 0.937. The van der Waals surface area contributed by atoms with Crippen molar-refractivity contribution in [3.63, 3.8) is 0 Å². The number of rotatable bonds is 4. The van der Waals surface area contributed by atoms with E-state index in [-0.39, 0.29) is 17.4 Å². The number of amides is 1. The maximum Gasteiger partial charge on any atom is 0.252 e. The summed E-state index contributed by atoms with van der Waals surface area (Å²) >= 11 is 0. The van der Waals surface area contributed by atoms with Crippen molar-refractivity contribution in [1.82, 2.24) is 19.7 Å².